The summed E-state index contributed by atoms with van der Waals surface area (Å²) >= 11 is 0. The van der Waals surface area contributed by atoms with Gasteiger partial charge < -0.3 is 15.3 Å². The fourth-order valence-electron chi connectivity index (χ4n) is 3.88. The number of aliphatic hydroxyl groups is 1. The van der Waals surface area contributed by atoms with Gasteiger partial charge in [0.15, 0.2) is 0 Å². The molecule has 1 aromatic carbocycles. The van der Waals surface area contributed by atoms with Crippen molar-refractivity contribution < 1.29 is 9.90 Å². The van der Waals surface area contributed by atoms with Crippen LogP contribution in [-0.4, -0.2) is 53.2 Å². The molecule has 2 fully saturated rings. The Morgan fingerprint density at radius 1 is 1.12 bits per heavy atom. The second-order valence-corrected chi connectivity index (χ2v) is 7.70. The molecular weight excluding hydrogens is 314 g/mol. The number of carbonyl (C=O) groups is 1. The van der Waals surface area contributed by atoms with E-state index in [4.69, 9.17) is 0 Å². The van der Waals surface area contributed by atoms with Crippen LogP contribution in [0.25, 0.3) is 0 Å². The molecule has 2 heterocycles. The SMILES string of the molecule is CC1CCCN(Cc2ccc(CNC(=O)N3CCCC(O)C3)cc2)C1. The Morgan fingerprint density at radius 2 is 1.84 bits per heavy atom. The molecule has 2 saturated heterocycles. The quantitative estimate of drug-likeness (QED) is 0.882. The van der Waals surface area contributed by atoms with E-state index in [0.29, 0.717) is 13.1 Å². The highest BCUT2D eigenvalue weighted by molar-refractivity contribution is 5.74. The van der Waals surface area contributed by atoms with Crippen LogP contribution in [0, 0.1) is 5.92 Å². The van der Waals surface area contributed by atoms with Gasteiger partial charge in [-0.15, -0.1) is 0 Å². The smallest absolute Gasteiger partial charge is 0.317 e. The number of β-amino-alcohol motifs (C(OH)–C–C–N with tert-alkyl or cyclic N) is 1. The van der Waals surface area contributed by atoms with E-state index in [1.54, 1.807) is 4.90 Å². The molecule has 138 valence electrons. The van der Waals surface area contributed by atoms with Crippen LogP contribution in [0.3, 0.4) is 0 Å². The third-order valence-corrected chi connectivity index (χ3v) is 5.30. The van der Waals surface area contributed by atoms with E-state index in [9.17, 15) is 9.90 Å². The van der Waals surface area contributed by atoms with Crippen molar-refractivity contribution in [2.75, 3.05) is 26.2 Å². The van der Waals surface area contributed by atoms with Gasteiger partial charge in [0.05, 0.1) is 6.10 Å². The molecule has 0 radical (unpaired) electrons. The summed E-state index contributed by atoms with van der Waals surface area (Å²) in [5.41, 5.74) is 2.45. The van der Waals surface area contributed by atoms with Crippen molar-refractivity contribution in [1.82, 2.24) is 15.1 Å². The van der Waals surface area contributed by atoms with Crippen molar-refractivity contribution in [2.45, 2.75) is 51.8 Å². The number of carbonyl (C=O) groups excluding carboxylic acids is 1. The average Bonchev–Trinajstić information content (AvgIpc) is 2.61. The molecule has 0 bridgehead atoms. The Hall–Kier alpha value is -1.59. The van der Waals surface area contributed by atoms with Gasteiger partial charge in [0.25, 0.3) is 0 Å². The van der Waals surface area contributed by atoms with Crippen LogP contribution in [-0.2, 0) is 13.1 Å². The van der Waals surface area contributed by atoms with Crippen LogP contribution in [0.4, 0.5) is 4.79 Å². The van der Waals surface area contributed by atoms with E-state index in [1.165, 1.54) is 31.5 Å². The summed E-state index contributed by atoms with van der Waals surface area (Å²) in [4.78, 5) is 16.4. The van der Waals surface area contributed by atoms with Gasteiger partial charge in [-0.25, -0.2) is 4.79 Å². The predicted molar refractivity (Wildman–Crippen MR) is 99.2 cm³/mol. The van der Waals surface area contributed by atoms with E-state index in [1.807, 2.05) is 0 Å². The zero-order valence-electron chi connectivity index (χ0n) is 15.3. The number of benzene rings is 1. The zero-order chi connectivity index (χ0) is 17.6. The largest absolute Gasteiger partial charge is 0.391 e. The number of hydrogen-bond donors (Lipinski definition) is 2. The van der Waals surface area contributed by atoms with Gasteiger partial charge in [0, 0.05) is 32.7 Å². The molecule has 0 aromatic heterocycles. The molecule has 2 unspecified atom stereocenters. The molecule has 0 saturated carbocycles. The van der Waals surface area contributed by atoms with Crippen molar-refractivity contribution in [1.29, 1.82) is 0 Å². The third kappa shape index (κ3) is 5.44. The van der Waals surface area contributed by atoms with E-state index in [-0.39, 0.29) is 12.1 Å². The third-order valence-electron chi connectivity index (χ3n) is 5.30. The number of amides is 2. The molecule has 25 heavy (non-hydrogen) atoms. The van der Waals surface area contributed by atoms with Crippen molar-refractivity contribution in [3.05, 3.63) is 35.4 Å². The Labute approximate surface area is 151 Å². The first kappa shape index (κ1) is 18.2. The van der Waals surface area contributed by atoms with Gasteiger partial charge in [-0.1, -0.05) is 31.2 Å². The number of urea groups is 1. The zero-order valence-corrected chi connectivity index (χ0v) is 15.3. The van der Waals surface area contributed by atoms with E-state index in [2.05, 4.69) is 41.4 Å². The number of rotatable bonds is 4. The van der Waals surface area contributed by atoms with Crippen LogP contribution in [0.15, 0.2) is 24.3 Å². The minimum Gasteiger partial charge on any atom is -0.391 e. The molecule has 2 aliphatic rings. The lowest BCUT2D eigenvalue weighted by molar-refractivity contribution is 0.0842. The molecule has 2 amide bonds. The lowest BCUT2D eigenvalue weighted by Gasteiger charge is -2.31. The van der Waals surface area contributed by atoms with Gasteiger partial charge in [0.2, 0.25) is 0 Å². The summed E-state index contributed by atoms with van der Waals surface area (Å²) in [5.74, 6) is 0.802. The molecule has 5 nitrogen and oxygen atoms in total. The monoisotopic (exact) mass is 345 g/mol. The number of aliphatic hydroxyl groups excluding tert-OH is 1. The number of hydrogen-bond acceptors (Lipinski definition) is 3. The van der Waals surface area contributed by atoms with Crippen LogP contribution < -0.4 is 5.32 Å². The average molecular weight is 345 g/mol. The second kappa shape index (κ2) is 8.68. The first-order valence-electron chi connectivity index (χ1n) is 9.61. The van der Waals surface area contributed by atoms with Crippen molar-refractivity contribution in [3.63, 3.8) is 0 Å². The van der Waals surface area contributed by atoms with Crippen LogP contribution in [0.2, 0.25) is 0 Å². The lowest BCUT2D eigenvalue weighted by Crippen LogP contribution is -2.46. The maximum Gasteiger partial charge on any atom is 0.317 e. The Morgan fingerprint density at radius 3 is 2.56 bits per heavy atom. The molecule has 3 rings (SSSR count). The van der Waals surface area contributed by atoms with Crippen molar-refractivity contribution >= 4 is 6.03 Å². The topological polar surface area (TPSA) is 55.8 Å². The minimum atomic E-state index is -0.378. The fourth-order valence-corrected chi connectivity index (χ4v) is 3.88. The number of likely N-dealkylation sites (tertiary alicyclic amines) is 2. The maximum atomic E-state index is 12.2. The standard InChI is InChI=1S/C20H31N3O2/c1-16-4-2-10-22(13-16)14-18-8-6-17(7-9-18)12-21-20(25)23-11-3-5-19(24)15-23/h6-9,16,19,24H,2-5,10-15H2,1H3,(H,21,25). The minimum absolute atomic E-state index is 0.0786. The van der Waals surface area contributed by atoms with Crippen molar-refractivity contribution in [2.24, 2.45) is 5.92 Å². The molecule has 0 spiro atoms. The number of nitrogens with one attached hydrogen (secondary N) is 1. The summed E-state index contributed by atoms with van der Waals surface area (Å²) < 4.78 is 0. The Kier molecular flexibility index (Phi) is 6.32. The van der Waals surface area contributed by atoms with Gasteiger partial charge in [-0.2, -0.15) is 0 Å². The Bertz CT molecular complexity index is 561. The van der Waals surface area contributed by atoms with Crippen LogP contribution in [0.1, 0.15) is 43.7 Å². The molecule has 2 atom stereocenters. The van der Waals surface area contributed by atoms with E-state index in [0.717, 1.165) is 37.4 Å². The van der Waals surface area contributed by atoms with Crippen molar-refractivity contribution in [3.8, 4) is 0 Å². The van der Waals surface area contributed by atoms with Crippen LogP contribution in [0.5, 0.6) is 0 Å². The highest BCUT2D eigenvalue weighted by Crippen LogP contribution is 2.18. The number of nitrogens with zero attached hydrogens (tertiary/aromatic N) is 2. The van der Waals surface area contributed by atoms with Gasteiger partial charge >= 0.3 is 6.03 Å². The van der Waals surface area contributed by atoms with E-state index >= 15 is 0 Å². The predicted octanol–water partition coefficient (Wildman–Crippen LogP) is 2.58. The Balaban J connectivity index is 1.45. The fraction of sp³-hybridized carbons (Fsp3) is 0.650. The van der Waals surface area contributed by atoms with Gasteiger partial charge in [-0.05, 0) is 49.3 Å². The molecule has 2 aliphatic heterocycles. The molecule has 5 heteroatoms. The van der Waals surface area contributed by atoms with Gasteiger partial charge in [0.1, 0.15) is 0 Å². The highest BCUT2D eigenvalue weighted by Gasteiger charge is 2.21. The molecule has 0 aliphatic carbocycles. The van der Waals surface area contributed by atoms with Crippen LogP contribution >= 0.6 is 0 Å². The molecule has 1 aromatic rings. The lowest BCUT2D eigenvalue weighted by atomic mass is 9.99. The first-order chi connectivity index (χ1) is 12.1. The second-order valence-electron chi connectivity index (χ2n) is 7.70. The first-order valence-corrected chi connectivity index (χ1v) is 9.61. The summed E-state index contributed by atoms with van der Waals surface area (Å²) in [6.45, 7) is 7.45. The van der Waals surface area contributed by atoms with E-state index < -0.39 is 0 Å². The highest BCUT2D eigenvalue weighted by atomic mass is 16.3. The summed E-state index contributed by atoms with van der Waals surface area (Å²) in [7, 11) is 0. The molecule has 2 N–H and O–H groups in total. The maximum absolute atomic E-state index is 12.2. The van der Waals surface area contributed by atoms with Gasteiger partial charge in [-0.3, -0.25) is 4.90 Å². The summed E-state index contributed by atoms with van der Waals surface area (Å²) in [6.07, 6.45) is 3.94. The summed E-state index contributed by atoms with van der Waals surface area (Å²) in [5, 5.41) is 12.6. The summed E-state index contributed by atoms with van der Waals surface area (Å²) in [6, 6.07) is 8.48. The normalized spacial score (nSPS) is 25.0. The number of piperidine rings is 2. The molecular formula is C20H31N3O2.